The molecule has 0 aliphatic rings. The Labute approximate surface area is 134 Å². The average molecular weight is 304 g/mol. The van der Waals surface area contributed by atoms with Gasteiger partial charge in [0.1, 0.15) is 18.1 Å². The summed E-state index contributed by atoms with van der Waals surface area (Å²) in [5, 5.41) is 3.46. The Morgan fingerprint density at radius 3 is 2.83 bits per heavy atom. The molecule has 0 radical (unpaired) electrons. The Bertz CT molecular complexity index is 960. The van der Waals surface area contributed by atoms with Crippen molar-refractivity contribution in [2.75, 3.05) is 11.9 Å². The number of anilines is 1. The van der Waals surface area contributed by atoms with Crippen molar-refractivity contribution in [2.24, 2.45) is 7.05 Å². The minimum atomic E-state index is 0.860. The molecule has 2 heterocycles. The normalized spacial score (nSPS) is 11.2. The maximum absolute atomic E-state index is 4.74. The number of para-hydroxylation sites is 2. The van der Waals surface area contributed by atoms with Gasteiger partial charge in [-0.3, -0.25) is 0 Å². The van der Waals surface area contributed by atoms with E-state index < -0.39 is 0 Å². The molecule has 0 aliphatic heterocycles. The van der Waals surface area contributed by atoms with Crippen molar-refractivity contribution in [3.05, 3.63) is 60.7 Å². The summed E-state index contributed by atoms with van der Waals surface area (Å²) in [5.41, 5.74) is 6.51. The quantitative estimate of drug-likeness (QED) is 0.450. The Morgan fingerprint density at radius 1 is 1.09 bits per heavy atom. The molecule has 0 fully saturated rings. The molecule has 114 valence electrons. The molecule has 2 aromatic heterocycles. The molecular formula is C18H18N5+. The Morgan fingerprint density at radius 2 is 1.96 bits per heavy atom. The summed E-state index contributed by atoms with van der Waals surface area (Å²) >= 11 is 0. The van der Waals surface area contributed by atoms with Crippen LogP contribution in [0.4, 0.5) is 5.69 Å². The predicted octanol–water partition coefficient (Wildman–Crippen LogP) is 2.59. The molecule has 0 unspecified atom stereocenters. The standard InChI is InChI=1S/C18H17N5/c1-23-17-5-3-2-4-15(17)22-16-7-6-13(10-18(16)23)20-9-8-14-11-19-12-21-14/h2-7,10-12H,8-9H2,1H3,(H,19,21)/p+1. The fourth-order valence-electron chi connectivity index (χ4n) is 2.86. The zero-order valence-electron chi connectivity index (χ0n) is 13.0. The second kappa shape index (κ2) is 5.68. The molecule has 4 rings (SSSR count). The fraction of sp³-hybridized carbons (Fsp3) is 0.167. The Balaban J connectivity index is 1.64. The van der Waals surface area contributed by atoms with E-state index in [0.29, 0.717) is 0 Å². The first-order valence-electron chi connectivity index (χ1n) is 7.71. The van der Waals surface area contributed by atoms with E-state index in [2.05, 4.69) is 51.2 Å². The van der Waals surface area contributed by atoms with Crippen LogP contribution >= 0.6 is 0 Å². The lowest BCUT2D eigenvalue weighted by Gasteiger charge is -2.07. The third-order valence-corrected chi connectivity index (χ3v) is 4.10. The number of H-pyrrole nitrogens is 1. The Hall–Kier alpha value is -2.95. The second-order valence-electron chi connectivity index (χ2n) is 5.62. The van der Waals surface area contributed by atoms with Gasteiger partial charge in [0.25, 0.3) is 0 Å². The van der Waals surface area contributed by atoms with Crippen molar-refractivity contribution >= 4 is 27.8 Å². The molecule has 23 heavy (non-hydrogen) atoms. The summed E-state index contributed by atoms with van der Waals surface area (Å²) in [7, 11) is 2.08. The molecule has 0 atom stereocenters. The van der Waals surface area contributed by atoms with Crippen molar-refractivity contribution in [3.8, 4) is 0 Å². The molecule has 0 aliphatic carbocycles. The van der Waals surface area contributed by atoms with Crippen LogP contribution in [-0.4, -0.2) is 21.5 Å². The summed E-state index contributed by atoms with van der Waals surface area (Å²) in [6.07, 6.45) is 4.49. The smallest absolute Gasteiger partial charge is 0.233 e. The van der Waals surface area contributed by atoms with Gasteiger partial charge >= 0.3 is 0 Å². The number of hydrogen-bond acceptors (Lipinski definition) is 3. The highest BCUT2D eigenvalue weighted by atomic mass is 15.0. The van der Waals surface area contributed by atoms with Crippen LogP contribution in [-0.2, 0) is 13.5 Å². The summed E-state index contributed by atoms with van der Waals surface area (Å²) in [6, 6.07) is 14.5. The van der Waals surface area contributed by atoms with E-state index in [0.717, 1.165) is 46.4 Å². The largest absolute Gasteiger partial charge is 0.384 e. The molecule has 5 nitrogen and oxygen atoms in total. The third-order valence-electron chi connectivity index (χ3n) is 4.10. The van der Waals surface area contributed by atoms with Gasteiger partial charge in [-0.2, -0.15) is 4.57 Å². The zero-order chi connectivity index (χ0) is 15.6. The molecular weight excluding hydrogens is 286 g/mol. The van der Waals surface area contributed by atoms with Crippen LogP contribution in [0.3, 0.4) is 0 Å². The first-order valence-corrected chi connectivity index (χ1v) is 7.71. The molecule has 0 saturated carbocycles. The highest BCUT2D eigenvalue weighted by Gasteiger charge is 2.12. The van der Waals surface area contributed by atoms with E-state index in [1.165, 1.54) is 0 Å². The van der Waals surface area contributed by atoms with Crippen LogP contribution in [0.15, 0.2) is 55.0 Å². The molecule has 0 spiro atoms. The van der Waals surface area contributed by atoms with Gasteiger partial charge in [-0.25, -0.2) is 9.97 Å². The van der Waals surface area contributed by atoms with Crippen LogP contribution in [0.25, 0.3) is 22.1 Å². The van der Waals surface area contributed by atoms with Crippen LogP contribution in [0.5, 0.6) is 0 Å². The van der Waals surface area contributed by atoms with E-state index >= 15 is 0 Å². The first kappa shape index (κ1) is 13.7. The second-order valence-corrected chi connectivity index (χ2v) is 5.62. The van der Waals surface area contributed by atoms with Gasteiger partial charge in [-0.15, -0.1) is 0 Å². The lowest BCUT2D eigenvalue weighted by molar-refractivity contribution is -0.617. The highest BCUT2D eigenvalue weighted by Crippen LogP contribution is 2.18. The van der Waals surface area contributed by atoms with Crippen molar-refractivity contribution in [1.82, 2.24) is 15.0 Å². The topological polar surface area (TPSA) is 57.5 Å². The van der Waals surface area contributed by atoms with E-state index in [1.54, 1.807) is 6.33 Å². The molecule has 2 N–H and O–H groups in total. The van der Waals surface area contributed by atoms with Gasteiger partial charge in [0.05, 0.1) is 6.33 Å². The molecule has 0 bridgehead atoms. The lowest BCUT2D eigenvalue weighted by Crippen LogP contribution is -2.30. The van der Waals surface area contributed by atoms with Crippen molar-refractivity contribution in [3.63, 3.8) is 0 Å². The van der Waals surface area contributed by atoms with Crippen LogP contribution in [0.1, 0.15) is 5.69 Å². The average Bonchev–Trinajstić information content (AvgIpc) is 3.09. The van der Waals surface area contributed by atoms with Gasteiger partial charge in [0, 0.05) is 42.7 Å². The van der Waals surface area contributed by atoms with Crippen LogP contribution in [0.2, 0.25) is 0 Å². The first-order chi connectivity index (χ1) is 11.3. The van der Waals surface area contributed by atoms with Gasteiger partial charge in [-0.1, -0.05) is 12.1 Å². The van der Waals surface area contributed by atoms with Crippen LogP contribution in [0, 0.1) is 0 Å². The van der Waals surface area contributed by atoms with Gasteiger partial charge in [0.2, 0.25) is 11.0 Å². The molecule has 4 aromatic rings. The van der Waals surface area contributed by atoms with Crippen LogP contribution < -0.4 is 9.88 Å². The third kappa shape index (κ3) is 2.61. The SMILES string of the molecule is C[n+]1c2ccccc2nc2ccc(NCCc3cnc[nH]3)cc21. The van der Waals surface area contributed by atoms with E-state index in [-0.39, 0.29) is 0 Å². The molecule has 5 heteroatoms. The van der Waals surface area contributed by atoms with E-state index in [4.69, 9.17) is 4.98 Å². The molecule has 2 aromatic carbocycles. The lowest BCUT2D eigenvalue weighted by atomic mass is 10.2. The monoisotopic (exact) mass is 304 g/mol. The van der Waals surface area contributed by atoms with Gasteiger partial charge in [-0.05, 0) is 18.2 Å². The number of aromatic amines is 1. The number of aromatic nitrogens is 4. The minimum Gasteiger partial charge on any atom is -0.384 e. The molecule has 0 amide bonds. The Kier molecular flexibility index (Phi) is 3.38. The highest BCUT2D eigenvalue weighted by molar-refractivity contribution is 5.83. The molecule has 0 saturated heterocycles. The number of benzene rings is 2. The van der Waals surface area contributed by atoms with Crippen molar-refractivity contribution in [2.45, 2.75) is 6.42 Å². The van der Waals surface area contributed by atoms with Crippen molar-refractivity contribution < 1.29 is 4.57 Å². The maximum atomic E-state index is 4.74. The van der Waals surface area contributed by atoms with Crippen molar-refractivity contribution in [1.29, 1.82) is 0 Å². The summed E-state index contributed by atoms with van der Waals surface area (Å²) in [5.74, 6) is 0. The number of nitrogens with zero attached hydrogens (tertiary/aromatic N) is 3. The number of rotatable bonds is 4. The van der Waals surface area contributed by atoms with Gasteiger partial charge < -0.3 is 10.3 Å². The number of aryl methyl sites for hydroxylation is 1. The fourth-order valence-corrected chi connectivity index (χ4v) is 2.86. The number of hydrogen-bond donors (Lipinski definition) is 2. The zero-order valence-corrected chi connectivity index (χ0v) is 13.0. The van der Waals surface area contributed by atoms with Gasteiger partial charge in [0.15, 0.2) is 0 Å². The maximum Gasteiger partial charge on any atom is 0.233 e. The van der Waals surface area contributed by atoms with E-state index in [1.807, 2.05) is 24.4 Å². The minimum absolute atomic E-state index is 0.860. The summed E-state index contributed by atoms with van der Waals surface area (Å²) in [4.78, 5) is 11.9. The number of fused-ring (bicyclic) bond motifs is 2. The van der Waals surface area contributed by atoms with E-state index in [9.17, 15) is 0 Å². The number of imidazole rings is 1. The predicted molar refractivity (Wildman–Crippen MR) is 91.2 cm³/mol. The number of nitrogens with one attached hydrogen (secondary N) is 2. The summed E-state index contributed by atoms with van der Waals surface area (Å²) < 4.78 is 2.19. The summed E-state index contributed by atoms with van der Waals surface area (Å²) in [6.45, 7) is 0.860.